The smallest absolute Gasteiger partial charge is 0.232 e. The van der Waals surface area contributed by atoms with Crippen molar-refractivity contribution in [3.8, 4) is 0 Å². The lowest BCUT2D eigenvalue weighted by atomic mass is 9.98. The maximum absolute atomic E-state index is 12.4. The van der Waals surface area contributed by atoms with E-state index in [1.807, 2.05) is 11.9 Å². The average Bonchev–Trinajstić information content (AvgIpc) is 2.48. The lowest BCUT2D eigenvalue weighted by Crippen LogP contribution is -2.43. The summed E-state index contributed by atoms with van der Waals surface area (Å²) in [7, 11) is 1.98. The lowest BCUT2D eigenvalue weighted by molar-refractivity contribution is -0.130. The van der Waals surface area contributed by atoms with Crippen LogP contribution in [0.5, 0.6) is 0 Å². The van der Waals surface area contributed by atoms with Crippen LogP contribution in [-0.2, 0) is 4.79 Å². The van der Waals surface area contributed by atoms with Gasteiger partial charge in [-0.05, 0) is 57.8 Å². The highest BCUT2D eigenvalue weighted by molar-refractivity contribution is 8.00. The molecule has 21 heavy (non-hydrogen) atoms. The molecule has 2 rings (SSSR count). The number of piperidine rings is 1. The molecule has 1 N–H and O–H groups in total. The third-order valence-electron chi connectivity index (χ3n) is 4.06. The number of carbonyl (C=O) groups excluding carboxylic acids is 1. The van der Waals surface area contributed by atoms with Crippen LogP contribution in [0.2, 0.25) is 0 Å². The van der Waals surface area contributed by atoms with Crippen LogP contribution in [0, 0.1) is 19.8 Å². The molecular formula is C17H26N2OS. The summed E-state index contributed by atoms with van der Waals surface area (Å²) in [5.41, 5.74) is 2.51. The monoisotopic (exact) mass is 306 g/mol. The molecule has 1 amide bonds. The molecule has 1 heterocycles. The molecule has 1 fully saturated rings. The molecule has 0 bridgehead atoms. The second kappa shape index (κ2) is 7.85. The summed E-state index contributed by atoms with van der Waals surface area (Å²) in [5.74, 6) is 1.44. The molecule has 1 atom stereocenters. The van der Waals surface area contributed by atoms with Crippen molar-refractivity contribution in [1.82, 2.24) is 10.2 Å². The minimum absolute atomic E-state index is 0.279. The van der Waals surface area contributed by atoms with Gasteiger partial charge in [-0.2, -0.15) is 0 Å². The normalized spacial score (nSPS) is 18.8. The number of thioether (sulfide) groups is 1. The van der Waals surface area contributed by atoms with E-state index in [1.54, 1.807) is 11.8 Å². The van der Waals surface area contributed by atoms with Crippen molar-refractivity contribution in [2.75, 3.05) is 32.4 Å². The van der Waals surface area contributed by atoms with Crippen molar-refractivity contribution >= 4 is 17.7 Å². The van der Waals surface area contributed by atoms with Crippen LogP contribution >= 0.6 is 11.8 Å². The van der Waals surface area contributed by atoms with E-state index < -0.39 is 0 Å². The third-order valence-corrected chi connectivity index (χ3v) is 5.20. The maximum atomic E-state index is 12.4. The van der Waals surface area contributed by atoms with Crippen LogP contribution in [0.3, 0.4) is 0 Å². The van der Waals surface area contributed by atoms with Crippen LogP contribution in [-0.4, -0.2) is 43.2 Å². The summed E-state index contributed by atoms with van der Waals surface area (Å²) in [5, 5.41) is 3.23. The Morgan fingerprint density at radius 1 is 1.43 bits per heavy atom. The molecule has 1 aromatic carbocycles. The molecule has 1 aliphatic rings. The van der Waals surface area contributed by atoms with Crippen molar-refractivity contribution in [3.05, 3.63) is 29.3 Å². The van der Waals surface area contributed by atoms with E-state index in [1.165, 1.54) is 22.4 Å². The fourth-order valence-corrected chi connectivity index (χ4v) is 3.87. The van der Waals surface area contributed by atoms with Gasteiger partial charge in [0.2, 0.25) is 5.91 Å². The number of aryl methyl sites for hydroxylation is 2. The molecule has 0 saturated carbocycles. The van der Waals surface area contributed by atoms with E-state index in [-0.39, 0.29) is 5.91 Å². The van der Waals surface area contributed by atoms with Crippen molar-refractivity contribution < 1.29 is 4.79 Å². The lowest BCUT2D eigenvalue weighted by Gasteiger charge is -2.32. The van der Waals surface area contributed by atoms with Crippen LogP contribution in [0.4, 0.5) is 0 Å². The van der Waals surface area contributed by atoms with Gasteiger partial charge in [-0.15, -0.1) is 11.8 Å². The first kappa shape index (κ1) is 16.4. The molecular weight excluding hydrogens is 280 g/mol. The second-order valence-electron chi connectivity index (χ2n) is 5.96. The Hall–Kier alpha value is -1.00. The number of amides is 1. The predicted molar refractivity (Wildman–Crippen MR) is 89.9 cm³/mol. The molecule has 0 radical (unpaired) electrons. The maximum Gasteiger partial charge on any atom is 0.232 e. The summed E-state index contributed by atoms with van der Waals surface area (Å²) >= 11 is 1.67. The van der Waals surface area contributed by atoms with Gasteiger partial charge >= 0.3 is 0 Å². The van der Waals surface area contributed by atoms with Crippen LogP contribution in [0.15, 0.2) is 23.1 Å². The molecule has 1 unspecified atom stereocenters. The minimum Gasteiger partial charge on any atom is -0.342 e. The molecule has 0 aliphatic carbocycles. The van der Waals surface area contributed by atoms with Crippen molar-refractivity contribution in [3.63, 3.8) is 0 Å². The highest BCUT2D eigenvalue weighted by Crippen LogP contribution is 2.25. The zero-order valence-corrected chi connectivity index (χ0v) is 14.1. The number of benzene rings is 1. The van der Waals surface area contributed by atoms with Gasteiger partial charge < -0.3 is 10.2 Å². The molecule has 3 nitrogen and oxygen atoms in total. The SMILES string of the molecule is CNCC1CCCN(C(=O)CSc2cc(C)ccc2C)C1. The zero-order valence-electron chi connectivity index (χ0n) is 13.3. The van der Waals surface area contributed by atoms with Crippen LogP contribution < -0.4 is 5.32 Å². The highest BCUT2D eigenvalue weighted by atomic mass is 32.2. The highest BCUT2D eigenvalue weighted by Gasteiger charge is 2.23. The van der Waals surface area contributed by atoms with Crippen molar-refractivity contribution in [2.45, 2.75) is 31.6 Å². The number of likely N-dealkylation sites (tertiary alicyclic amines) is 1. The summed E-state index contributed by atoms with van der Waals surface area (Å²) in [4.78, 5) is 15.7. The number of hydrogen-bond acceptors (Lipinski definition) is 3. The Kier molecular flexibility index (Phi) is 6.12. The van der Waals surface area contributed by atoms with Gasteiger partial charge in [0, 0.05) is 18.0 Å². The molecule has 4 heteroatoms. The second-order valence-corrected chi connectivity index (χ2v) is 6.98. The van der Waals surface area contributed by atoms with E-state index in [0.717, 1.165) is 26.1 Å². The van der Waals surface area contributed by atoms with E-state index in [9.17, 15) is 4.79 Å². The summed E-state index contributed by atoms with van der Waals surface area (Å²) in [6.45, 7) is 7.04. The Labute approximate surface area is 132 Å². The van der Waals surface area contributed by atoms with Crippen LogP contribution in [0.1, 0.15) is 24.0 Å². The number of carbonyl (C=O) groups is 1. The van der Waals surface area contributed by atoms with Gasteiger partial charge in [0.1, 0.15) is 0 Å². The van der Waals surface area contributed by atoms with Gasteiger partial charge in [-0.25, -0.2) is 0 Å². The van der Waals surface area contributed by atoms with E-state index in [0.29, 0.717) is 11.7 Å². The average molecular weight is 306 g/mol. The first-order valence-corrected chi connectivity index (χ1v) is 8.71. The first-order chi connectivity index (χ1) is 10.1. The summed E-state index contributed by atoms with van der Waals surface area (Å²) in [6.07, 6.45) is 2.36. The van der Waals surface area contributed by atoms with Crippen molar-refractivity contribution in [2.24, 2.45) is 5.92 Å². The zero-order chi connectivity index (χ0) is 15.2. The van der Waals surface area contributed by atoms with Gasteiger partial charge in [0.15, 0.2) is 0 Å². The van der Waals surface area contributed by atoms with Gasteiger partial charge in [0.25, 0.3) is 0 Å². The van der Waals surface area contributed by atoms with Gasteiger partial charge in [-0.1, -0.05) is 17.7 Å². The molecule has 0 aromatic heterocycles. The Morgan fingerprint density at radius 3 is 3.00 bits per heavy atom. The number of nitrogens with zero attached hydrogens (tertiary/aromatic N) is 1. The molecule has 1 aliphatic heterocycles. The molecule has 0 spiro atoms. The fraction of sp³-hybridized carbons (Fsp3) is 0.588. The third kappa shape index (κ3) is 4.75. The Balaban J connectivity index is 1.88. The number of rotatable bonds is 5. The predicted octanol–water partition coefficient (Wildman–Crippen LogP) is 2.85. The standard InChI is InChI=1S/C17H26N2OS/c1-13-6-7-14(2)16(9-13)21-12-17(20)19-8-4-5-15(11-19)10-18-3/h6-7,9,15,18H,4-5,8,10-12H2,1-3H3. The van der Waals surface area contributed by atoms with Gasteiger partial charge in [-0.3, -0.25) is 4.79 Å². The quantitative estimate of drug-likeness (QED) is 0.849. The molecule has 116 valence electrons. The van der Waals surface area contributed by atoms with E-state index in [2.05, 4.69) is 37.4 Å². The van der Waals surface area contributed by atoms with E-state index in [4.69, 9.17) is 0 Å². The fourth-order valence-electron chi connectivity index (χ4n) is 2.84. The largest absolute Gasteiger partial charge is 0.342 e. The first-order valence-electron chi connectivity index (χ1n) is 7.72. The minimum atomic E-state index is 0.279. The van der Waals surface area contributed by atoms with Crippen LogP contribution in [0.25, 0.3) is 0 Å². The summed E-state index contributed by atoms with van der Waals surface area (Å²) < 4.78 is 0. The molecule has 1 aromatic rings. The Bertz CT molecular complexity index is 488. The summed E-state index contributed by atoms with van der Waals surface area (Å²) in [6, 6.07) is 6.42. The van der Waals surface area contributed by atoms with E-state index >= 15 is 0 Å². The number of nitrogens with one attached hydrogen (secondary N) is 1. The van der Waals surface area contributed by atoms with Gasteiger partial charge in [0.05, 0.1) is 5.75 Å². The number of hydrogen-bond donors (Lipinski definition) is 1. The topological polar surface area (TPSA) is 32.3 Å². The molecule has 1 saturated heterocycles. The van der Waals surface area contributed by atoms with Crippen molar-refractivity contribution in [1.29, 1.82) is 0 Å². The Morgan fingerprint density at radius 2 is 2.24 bits per heavy atom.